The second-order valence-electron chi connectivity index (χ2n) is 3.16. The molecule has 14 heavy (non-hydrogen) atoms. The van der Waals surface area contributed by atoms with Crippen LogP contribution in [0.4, 0.5) is 10.1 Å². The van der Waals surface area contributed by atoms with Gasteiger partial charge in [0.2, 0.25) is 6.54 Å². The summed E-state index contributed by atoms with van der Waals surface area (Å²) in [5, 5.41) is 10.3. The minimum Gasteiger partial charge on any atom is -0.377 e. The number of rotatable bonds is 3. The van der Waals surface area contributed by atoms with Crippen LogP contribution in [0.2, 0.25) is 0 Å². The molecule has 0 unspecified atom stereocenters. The molecule has 0 saturated carbocycles. The summed E-state index contributed by atoms with van der Waals surface area (Å²) >= 11 is 0. The minimum absolute atomic E-state index is 0.284. The van der Waals surface area contributed by atoms with E-state index in [1.54, 1.807) is 19.0 Å². The molecule has 1 aromatic carbocycles. The number of anilines is 1. The maximum absolute atomic E-state index is 12.8. The van der Waals surface area contributed by atoms with Crippen molar-refractivity contribution in [3.05, 3.63) is 39.7 Å². The van der Waals surface area contributed by atoms with Gasteiger partial charge < -0.3 is 4.90 Å². The van der Waals surface area contributed by atoms with Crippen LogP contribution >= 0.6 is 0 Å². The Kier molecular flexibility index (Phi) is 3.01. The number of nitro groups is 1. The Balaban J connectivity index is 3.08. The SMILES string of the molecule is CN(C)c1cc(F)ccc1C[N+](=O)[O-]. The molecule has 0 fully saturated rings. The van der Waals surface area contributed by atoms with E-state index in [2.05, 4.69) is 0 Å². The van der Waals surface area contributed by atoms with Crippen molar-refractivity contribution in [2.45, 2.75) is 6.54 Å². The summed E-state index contributed by atoms with van der Waals surface area (Å²) in [7, 11) is 3.44. The summed E-state index contributed by atoms with van der Waals surface area (Å²) < 4.78 is 12.8. The van der Waals surface area contributed by atoms with E-state index in [1.807, 2.05) is 0 Å². The van der Waals surface area contributed by atoms with Gasteiger partial charge in [-0.3, -0.25) is 10.1 Å². The van der Waals surface area contributed by atoms with E-state index in [-0.39, 0.29) is 12.4 Å². The average molecular weight is 198 g/mol. The number of nitrogens with zero attached hydrogens (tertiary/aromatic N) is 2. The number of hydrogen-bond donors (Lipinski definition) is 0. The van der Waals surface area contributed by atoms with E-state index in [4.69, 9.17) is 0 Å². The van der Waals surface area contributed by atoms with E-state index in [9.17, 15) is 14.5 Å². The van der Waals surface area contributed by atoms with Crippen molar-refractivity contribution in [3.63, 3.8) is 0 Å². The first-order valence-electron chi connectivity index (χ1n) is 4.08. The van der Waals surface area contributed by atoms with Gasteiger partial charge in [-0.25, -0.2) is 4.39 Å². The third kappa shape index (κ3) is 2.42. The van der Waals surface area contributed by atoms with Crippen molar-refractivity contribution in [3.8, 4) is 0 Å². The fraction of sp³-hybridized carbons (Fsp3) is 0.333. The predicted octanol–water partition coefficient (Wildman–Crippen LogP) is 1.67. The fourth-order valence-electron chi connectivity index (χ4n) is 1.23. The van der Waals surface area contributed by atoms with Crippen molar-refractivity contribution < 1.29 is 9.31 Å². The Morgan fingerprint density at radius 3 is 2.64 bits per heavy atom. The zero-order valence-electron chi connectivity index (χ0n) is 8.03. The maximum atomic E-state index is 12.8. The largest absolute Gasteiger partial charge is 0.377 e. The Labute approximate surface area is 81.1 Å². The summed E-state index contributed by atoms with van der Waals surface area (Å²) in [6.45, 7) is -0.284. The monoisotopic (exact) mass is 198 g/mol. The van der Waals surface area contributed by atoms with Gasteiger partial charge in [-0.1, -0.05) is 0 Å². The standard InChI is InChI=1S/C9H11FN2O2/c1-11(2)9-5-8(10)4-3-7(9)6-12(13)14/h3-5H,6H2,1-2H3. The Hall–Kier alpha value is -1.65. The van der Waals surface area contributed by atoms with E-state index >= 15 is 0 Å². The zero-order valence-corrected chi connectivity index (χ0v) is 8.03. The van der Waals surface area contributed by atoms with Gasteiger partial charge in [-0.2, -0.15) is 0 Å². The first-order valence-corrected chi connectivity index (χ1v) is 4.08. The molecule has 0 N–H and O–H groups in total. The highest BCUT2D eigenvalue weighted by Crippen LogP contribution is 2.20. The molecule has 0 aromatic heterocycles. The van der Waals surface area contributed by atoms with Crippen molar-refractivity contribution >= 4 is 5.69 Å². The molecule has 0 spiro atoms. The number of hydrogen-bond acceptors (Lipinski definition) is 3. The molecule has 76 valence electrons. The predicted molar refractivity (Wildman–Crippen MR) is 51.4 cm³/mol. The molecule has 4 nitrogen and oxygen atoms in total. The van der Waals surface area contributed by atoms with Gasteiger partial charge in [0.25, 0.3) is 0 Å². The van der Waals surface area contributed by atoms with Crippen LogP contribution in [-0.4, -0.2) is 19.0 Å². The highest BCUT2D eigenvalue weighted by atomic mass is 19.1. The highest BCUT2D eigenvalue weighted by molar-refractivity contribution is 5.52. The molecule has 0 bridgehead atoms. The van der Waals surface area contributed by atoms with Gasteiger partial charge in [0.05, 0.1) is 0 Å². The van der Waals surface area contributed by atoms with Gasteiger partial charge in [0.15, 0.2) is 0 Å². The molecular formula is C9H11FN2O2. The molecule has 0 saturated heterocycles. The van der Waals surface area contributed by atoms with Crippen LogP contribution < -0.4 is 4.90 Å². The van der Waals surface area contributed by atoms with Crippen LogP contribution in [0.15, 0.2) is 18.2 Å². The van der Waals surface area contributed by atoms with E-state index in [0.29, 0.717) is 11.3 Å². The van der Waals surface area contributed by atoms with Gasteiger partial charge in [0.1, 0.15) is 5.82 Å². The smallest absolute Gasteiger partial charge is 0.230 e. The van der Waals surface area contributed by atoms with Crippen LogP contribution in [0, 0.1) is 15.9 Å². The Morgan fingerprint density at radius 1 is 1.50 bits per heavy atom. The molecule has 5 heteroatoms. The second-order valence-corrected chi connectivity index (χ2v) is 3.16. The lowest BCUT2D eigenvalue weighted by atomic mass is 10.1. The normalized spacial score (nSPS) is 9.93. The summed E-state index contributed by atoms with van der Waals surface area (Å²) in [5.41, 5.74) is 1.06. The molecular weight excluding hydrogens is 187 g/mol. The summed E-state index contributed by atoms with van der Waals surface area (Å²) in [5.74, 6) is -0.388. The topological polar surface area (TPSA) is 46.4 Å². The van der Waals surface area contributed by atoms with Crippen molar-refractivity contribution in [1.82, 2.24) is 0 Å². The van der Waals surface area contributed by atoms with Crippen LogP contribution in [0.1, 0.15) is 5.56 Å². The summed E-state index contributed by atoms with van der Waals surface area (Å²) in [6.07, 6.45) is 0. The lowest BCUT2D eigenvalue weighted by Gasteiger charge is -2.15. The highest BCUT2D eigenvalue weighted by Gasteiger charge is 2.10. The Morgan fingerprint density at radius 2 is 2.14 bits per heavy atom. The molecule has 0 atom stereocenters. The second kappa shape index (κ2) is 4.04. The molecule has 0 amide bonds. The molecule has 0 radical (unpaired) electrons. The molecule has 1 rings (SSSR count). The summed E-state index contributed by atoms with van der Waals surface area (Å²) in [6, 6.07) is 3.96. The van der Waals surface area contributed by atoms with Crippen LogP contribution in [0.5, 0.6) is 0 Å². The van der Waals surface area contributed by atoms with Crippen LogP contribution in [0.3, 0.4) is 0 Å². The van der Waals surface area contributed by atoms with Gasteiger partial charge in [-0.05, 0) is 18.2 Å². The fourth-order valence-corrected chi connectivity index (χ4v) is 1.23. The van der Waals surface area contributed by atoms with E-state index in [0.717, 1.165) is 0 Å². The third-order valence-electron chi connectivity index (χ3n) is 1.83. The first kappa shape index (κ1) is 10.4. The zero-order chi connectivity index (χ0) is 10.7. The van der Waals surface area contributed by atoms with Crippen molar-refractivity contribution in [2.75, 3.05) is 19.0 Å². The summed E-state index contributed by atoms with van der Waals surface area (Å²) in [4.78, 5) is 11.5. The molecule has 0 aliphatic heterocycles. The first-order chi connectivity index (χ1) is 6.50. The molecule has 1 aromatic rings. The van der Waals surface area contributed by atoms with E-state index < -0.39 is 4.92 Å². The van der Waals surface area contributed by atoms with Gasteiger partial charge in [-0.15, -0.1) is 0 Å². The van der Waals surface area contributed by atoms with Crippen LogP contribution in [-0.2, 0) is 6.54 Å². The van der Waals surface area contributed by atoms with Gasteiger partial charge >= 0.3 is 0 Å². The lowest BCUT2D eigenvalue weighted by Crippen LogP contribution is -2.13. The average Bonchev–Trinajstić information content (AvgIpc) is 2.07. The molecule has 0 aliphatic carbocycles. The van der Waals surface area contributed by atoms with Gasteiger partial charge in [0, 0.05) is 30.3 Å². The minimum atomic E-state index is -0.430. The Bertz CT molecular complexity index is 353. The molecule has 0 aliphatic rings. The molecule has 0 heterocycles. The van der Waals surface area contributed by atoms with Crippen molar-refractivity contribution in [1.29, 1.82) is 0 Å². The maximum Gasteiger partial charge on any atom is 0.230 e. The van der Waals surface area contributed by atoms with Crippen LogP contribution in [0.25, 0.3) is 0 Å². The third-order valence-corrected chi connectivity index (χ3v) is 1.83. The van der Waals surface area contributed by atoms with Crippen molar-refractivity contribution in [2.24, 2.45) is 0 Å². The number of halogens is 1. The number of benzene rings is 1. The lowest BCUT2D eigenvalue weighted by molar-refractivity contribution is -0.496. The van der Waals surface area contributed by atoms with E-state index in [1.165, 1.54) is 18.2 Å². The quantitative estimate of drug-likeness (QED) is 0.548.